The predicted molar refractivity (Wildman–Crippen MR) is 78.4 cm³/mol. The lowest BCUT2D eigenvalue weighted by Gasteiger charge is -2.36. The van der Waals surface area contributed by atoms with Crippen LogP contribution in [0.1, 0.15) is 26.2 Å². The van der Waals surface area contributed by atoms with E-state index in [0.29, 0.717) is 10.8 Å². The summed E-state index contributed by atoms with van der Waals surface area (Å²) in [6.45, 7) is 5.01. The quantitative estimate of drug-likeness (QED) is 0.600. The Morgan fingerprint density at radius 2 is 2.11 bits per heavy atom. The molecule has 1 aliphatic heterocycles. The van der Waals surface area contributed by atoms with Gasteiger partial charge in [0.1, 0.15) is 0 Å². The van der Waals surface area contributed by atoms with Crippen LogP contribution < -0.4 is 10.6 Å². The summed E-state index contributed by atoms with van der Waals surface area (Å²) >= 11 is 1.96. The minimum atomic E-state index is 0.311. The molecule has 4 nitrogen and oxygen atoms in total. The van der Waals surface area contributed by atoms with Crippen LogP contribution in [0.15, 0.2) is 4.99 Å². The number of ether oxygens (including phenoxy) is 1. The molecule has 5 heteroatoms. The van der Waals surface area contributed by atoms with E-state index in [-0.39, 0.29) is 0 Å². The molecule has 1 aliphatic carbocycles. The maximum Gasteiger partial charge on any atom is 0.191 e. The Hall–Kier alpha value is -0.420. The van der Waals surface area contributed by atoms with Crippen LogP contribution in [0, 0.1) is 5.92 Å². The van der Waals surface area contributed by atoms with E-state index in [2.05, 4.69) is 28.8 Å². The fraction of sp³-hybridized carbons (Fsp3) is 0.923. The molecule has 2 aliphatic rings. The number of hydrogen-bond donors (Lipinski definition) is 2. The van der Waals surface area contributed by atoms with Gasteiger partial charge >= 0.3 is 0 Å². The molecule has 104 valence electrons. The number of nitrogens with zero attached hydrogens (tertiary/aromatic N) is 1. The van der Waals surface area contributed by atoms with Gasteiger partial charge in [-0.15, -0.1) is 0 Å². The first kappa shape index (κ1) is 14.0. The summed E-state index contributed by atoms with van der Waals surface area (Å²) in [4.78, 5) is 4.31. The molecular formula is C13H25N3OS. The molecule has 2 N–H and O–H groups in total. The molecule has 2 rings (SSSR count). The van der Waals surface area contributed by atoms with Gasteiger partial charge in [-0.25, -0.2) is 0 Å². The lowest BCUT2D eigenvalue weighted by molar-refractivity contribution is 0.0783. The van der Waals surface area contributed by atoms with Crippen LogP contribution in [0.25, 0.3) is 0 Å². The van der Waals surface area contributed by atoms with Crippen molar-refractivity contribution in [2.45, 2.75) is 37.0 Å². The fourth-order valence-corrected chi connectivity index (χ4v) is 3.13. The first-order valence-corrected chi connectivity index (χ1v) is 8.02. The van der Waals surface area contributed by atoms with Crippen molar-refractivity contribution in [3.63, 3.8) is 0 Å². The molecule has 0 spiro atoms. The van der Waals surface area contributed by atoms with E-state index in [0.717, 1.165) is 44.5 Å². The molecule has 1 saturated carbocycles. The standard InChI is InChI=1S/C13H25N3OS/c1-10-8-11(10)16-12(14-2)15-9-13(18-3)4-6-17-7-5-13/h10-11H,4-9H2,1-3H3,(H2,14,15,16). The van der Waals surface area contributed by atoms with Gasteiger partial charge in [0.2, 0.25) is 0 Å². The van der Waals surface area contributed by atoms with Crippen molar-refractivity contribution in [1.29, 1.82) is 0 Å². The van der Waals surface area contributed by atoms with Crippen molar-refractivity contribution in [3.8, 4) is 0 Å². The molecule has 0 bridgehead atoms. The molecule has 1 saturated heterocycles. The maximum atomic E-state index is 5.46. The average molecular weight is 271 g/mol. The van der Waals surface area contributed by atoms with Crippen molar-refractivity contribution in [3.05, 3.63) is 0 Å². The van der Waals surface area contributed by atoms with E-state index in [1.54, 1.807) is 0 Å². The van der Waals surface area contributed by atoms with Crippen molar-refractivity contribution in [2.24, 2.45) is 10.9 Å². The highest BCUT2D eigenvalue weighted by molar-refractivity contribution is 8.00. The third kappa shape index (κ3) is 3.54. The van der Waals surface area contributed by atoms with Gasteiger partial charge in [0.25, 0.3) is 0 Å². The second-order valence-corrected chi connectivity index (χ2v) is 6.66. The summed E-state index contributed by atoms with van der Waals surface area (Å²) in [5, 5.41) is 6.95. The predicted octanol–water partition coefficient (Wildman–Crippen LogP) is 1.47. The summed E-state index contributed by atoms with van der Waals surface area (Å²) in [6, 6.07) is 0.621. The highest BCUT2D eigenvalue weighted by Gasteiger charge is 2.35. The second-order valence-electron chi connectivity index (χ2n) is 5.39. The topological polar surface area (TPSA) is 45.7 Å². The highest BCUT2D eigenvalue weighted by Crippen LogP contribution is 2.33. The molecule has 0 aromatic heterocycles. The highest BCUT2D eigenvalue weighted by atomic mass is 32.2. The molecule has 0 radical (unpaired) electrons. The second kappa shape index (κ2) is 6.15. The van der Waals surface area contributed by atoms with Gasteiger partial charge in [-0.1, -0.05) is 6.92 Å². The Labute approximate surface area is 114 Å². The SMILES string of the molecule is CN=C(NCC1(SC)CCOCC1)NC1CC1C. The zero-order valence-corrected chi connectivity index (χ0v) is 12.5. The molecule has 1 heterocycles. The van der Waals surface area contributed by atoms with Gasteiger partial charge in [-0.2, -0.15) is 11.8 Å². The largest absolute Gasteiger partial charge is 0.381 e. The first-order chi connectivity index (χ1) is 8.69. The monoisotopic (exact) mass is 271 g/mol. The van der Waals surface area contributed by atoms with E-state index in [4.69, 9.17) is 4.74 Å². The Morgan fingerprint density at radius 1 is 1.44 bits per heavy atom. The Morgan fingerprint density at radius 3 is 2.61 bits per heavy atom. The van der Waals surface area contributed by atoms with Gasteiger partial charge in [0.05, 0.1) is 0 Å². The number of thioether (sulfide) groups is 1. The third-order valence-electron chi connectivity index (χ3n) is 4.07. The van der Waals surface area contributed by atoms with E-state index in [1.807, 2.05) is 18.8 Å². The van der Waals surface area contributed by atoms with E-state index >= 15 is 0 Å². The van der Waals surface area contributed by atoms with Crippen molar-refractivity contribution >= 4 is 17.7 Å². The lowest BCUT2D eigenvalue weighted by Crippen LogP contribution is -2.48. The van der Waals surface area contributed by atoms with Gasteiger partial charge in [-0.3, -0.25) is 4.99 Å². The van der Waals surface area contributed by atoms with E-state index in [1.165, 1.54) is 6.42 Å². The third-order valence-corrected chi connectivity index (χ3v) is 5.49. The first-order valence-electron chi connectivity index (χ1n) is 6.79. The van der Waals surface area contributed by atoms with Crippen LogP contribution >= 0.6 is 11.8 Å². The van der Waals surface area contributed by atoms with E-state index < -0.39 is 0 Å². The smallest absolute Gasteiger partial charge is 0.191 e. The molecule has 2 unspecified atom stereocenters. The Bertz CT molecular complexity index is 303. The summed E-state index contributed by atoms with van der Waals surface area (Å²) in [5.74, 6) is 1.74. The summed E-state index contributed by atoms with van der Waals surface area (Å²) in [6.07, 6.45) is 5.71. The van der Waals surface area contributed by atoms with Crippen LogP contribution in [0.4, 0.5) is 0 Å². The number of aliphatic imine (C=N–C) groups is 1. The average Bonchev–Trinajstić information content (AvgIpc) is 3.11. The van der Waals surface area contributed by atoms with Crippen LogP contribution in [0.2, 0.25) is 0 Å². The van der Waals surface area contributed by atoms with Crippen molar-refractivity contribution in [2.75, 3.05) is 33.1 Å². The summed E-state index contributed by atoms with van der Waals surface area (Å²) < 4.78 is 5.77. The van der Waals surface area contributed by atoms with Gasteiger partial charge in [-0.05, 0) is 31.4 Å². The zero-order valence-electron chi connectivity index (χ0n) is 11.7. The maximum absolute atomic E-state index is 5.46. The van der Waals surface area contributed by atoms with Gasteiger partial charge in [0.15, 0.2) is 5.96 Å². The van der Waals surface area contributed by atoms with Crippen molar-refractivity contribution < 1.29 is 4.74 Å². The zero-order chi connectivity index (χ0) is 13.0. The molecule has 2 atom stereocenters. The van der Waals surface area contributed by atoms with Crippen LogP contribution in [0.5, 0.6) is 0 Å². The lowest BCUT2D eigenvalue weighted by atomic mass is 9.99. The van der Waals surface area contributed by atoms with E-state index in [9.17, 15) is 0 Å². The summed E-state index contributed by atoms with van der Waals surface area (Å²) in [5.41, 5.74) is 0. The molecule has 18 heavy (non-hydrogen) atoms. The van der Waals surface area contributed by atoms with Crippen LogP contribution in [0.3, 0.4) is 0 Å². The van der Waals surface area contributed by atoms with Gasteiger partial charge < -0.3 is 15.4 Å². The Balaban J connectivity index is 1.80. The number of nitrogens with one attached hydrogen (secondary N) is 2. The van der Waals surface area contributed by atoms with Crippen LogP contribution in [-0.4, -0.2) is 49.8 Å². The minimum absolute atomic E-state index is 0.311. The van der Waals surface area contributed by atoms with Crippen molar-refractivity contribution in [1.82, 2.24) is 10.6 Å². The molecule has 0 aromatic carbocycles. The molecule has 2 fully saturated rings. The van der Waals surface area contributed by atoms with Crippen LogP contribution in [-0.2, 0) is 4.74 Å². The minimum Gasteiger partial charge on any atom is -0.381 e. The van der Waals surface area contributed by atoms with Gasteiger partial charge in [0, 0.05) is 37.6 Å². The number of rotatable bonds is 4. The molecule has 0 aromatic rings. The molecular weight excluding hydrogens is 246 g/mol. The number of hydrogen-bond acceptors (Lipinski definition) is 3. The molecule has 0 amide bonds. The summed E-state index contributed by atoms with van der Waals surface area (Å²) in [7, 11) is 1.85. The normalized spacial score (nSPS) is 30.9. The number of guanidine groups is 1. The fourth-order valence-electron chi connectivity index (χ4n) is 2.33. The Kier molecular flexibility index (Phi) is 4.78.